The van der Waals surface area contributed by atoms with Gasteiger partial charge in [0.05, 0.1) is 16.4 Å². The average molecular weight is 271 g/mol. The van der Waals surface area contributed by atoms with E-state index in [1.807, 2.05) is 0 Å². The Morgan fingerprint density at radius 1 is 1.61 bits per heavy atom. The summed E-state index contributed by atoms with van der Waals surface area (Å²) in [6.07, 6.45) is 0.627. The molecule has 0 aromatic carbocycles. The van der Waals surface area contributed by atoms with Crippen LogP contribution in [0.25, 0.3) is 0 Å². The van der Waals surface area contributed by atoms with Gasteiger partial charge >= 0.3 is 0 Å². The van der Waals surface area contributed by atoms with Crippen molar-refractivity contribution in [3.8, 4) is 0 Å². The second kappa shape index (κ2) is 4.97. The molecule has 0 saturated carbocycles. The van der Waals surface area contributed by atoms with Gasteiger partial charge in [0.25, 0.3) is 0 Å². The maximum Gasteiger partial charge on any atom is 0.242 e. The van der Waals surface area contributed by atoms with E-state index in [9.17, 15) is 9.59 Å². The van der Waals surface area contributed by atoms with E-state index >= 15 is 0 Å². The number of carbonyl (C=O) groups is 2. The summed E-state index contributed by atoms with van der Waals surface area (Å²) in [7, 11) is 0. The minimum absolute atomic E-state index is 0.0726. The summed E-state index contributed by atoms with van der Waals surface area (Å²) in [5, 5.41) is 10.1. The Labute approximate surface area is 110 Å². The Hall–Kier alpha value is -1.56. The highest BCUT2D eigenvalue weighted by Crippen LogP contribution is 2.18. The van der Waals surface area contributed by atoms with E-state index in [0.29, 0.717) is 23.7 Å². The Morgan fingerprint density at radius 2 is 2.33 bits per heavy atom. The van der Waals surface area contributed by atoms with Gasteiger partial charge in [-0.15, -0.1) is 0 Å². The summed E-state index contributed by atoms with van der Waals surface area (Å²) in [5.41, 5.74) is 1.45. The van der Waals surface area contributed by atoms with E-state index in [4.69, 9.17) is 11.6 Å². The van der Waals surface area contributed by atoms with Gasteiger partial charge in [-0.25, -0.2) is 0 Å². The molecule has 1 atom stereocenters. The molecule has 0 aliphatic carbocycles. The van der Waals surface area contributed by atoms with Crippen LogP contribution in [-0.4, -0.2) is 34.2 Å². The number of carbonyl (C=O) groups excluding carboxylic acids is 2. The number of rotatable bonds is 3. The molecule has 2 heterocycles. The van der Waals surface area contributed by atoms with Crippen molar-refractivity contribution in [2.45, 2.75) is 32.9 Å². The van der Waals surface area contributed by atoms with Crippen LogP contribution in [0.5, 0.6) is 0 Å². The van der Waals surface area contributed by atoms with E-state index in [0.717, 1.165) is 5.69 Å². The number of aromatic nitrogens is 2. The topological polar surface area (TPSA) is 76.0 Å². The maximum atomic E-state index is 11.8. The first-order chi connectivity index (χ1) is 8.49. The quantitative estimate of drug-likeness (QED) is 0.821. The number of halogens is 1. The Balaban J connectivity index is 1.98. The molecule has 2 amide bonds. The highest BCUT2D eigenvalue weighted by molar-refractivity contribution is 6.31. The molecule has 2 N–H and O–H groups in total. The highest BCUT2D eigenvalue weighted by Gasteiger charge is 2.25. The molecule has 0 radical (unpaired) electrons. The first-order valence-corrected chi connectivity index (χ1v) is 6.13. The van der Waals surface area contributed by atoms with Crippen molar-refractivity contribution >= 4 is 23.4 Å². The summed E-state index contributed by atoms with van der Waals surface area (Å²) < 4.78 is 1.54. The lowest BCUT2D eigenvalue weighted by atomic mass is 10.2. The fourth-order valence-corrected chi connectivity index (χ4v) is 2.07. The fourth-order valence-electron chi connectivity index (χ4n) is 1.94. The predicted molar refractivity (Wildman–Crippen MR) is 66.3 cm³/mol. The van der Waals surface area contributed by atoms with Crippen molar-refractivity contribution < 1.29 is 9.59 Å². The largest absolute Gasteiger partial charge is 0.354 e. The van der Waals surface area contributed by atoms with Gasteiger partial charge in [-0.3, -0.25) is 14.3 Å². The lowest BCUT2D eigenvalue weighted by Gasteiger charge is -2.10. The van der Waals surface area contributed by atoms with Gasteiger partial charge in [-0.1, -0.05) is 11.6 Å². The Morgan fingerprint density at radius 3 is 2.83 bits per heavy atom. The number of nitrogens with one attached hydrogen (secondary N) is 2. The number of hydrogen-bond donors (Lipinski definition) is 2. The Bertz CT molecular complexity index is 497. The molecule has 0 bridgehead atoms. The van der Waals surface area contributed by atoms with E-state index in [-0.39, 0.29) is 18.4 Å². The van der Waals surface area contributed by atoms with Crippen LogP contribution in [0.1, 0.15) is 17.8 Å². The van der Waals surface area contributed by atoms with Gasteiger partial charge in [0.2, 0.25) is 11.8 Å². The molecular weight excluding hydrogens is 256 g/mol. The molecule has 98 valence electrons. The first kappa shape index (κ1) is 12.9. The number of nitrogens with zero attached hydrogens (tertiary/aromatic N) is 2. The van der Waals surface area contributed by atoms with Gasteiger partial charge in [0, 0.05) is 6.54 Å². The van der Waals surface area contributed by atoms with Crippen LogP contribution in [0.2, 0.25) is 5.02 Å². The number of hydrogen-bond acceptors (Lipinski definition) is 3. The third-order valence-corrected chi connectivity index (χ3v) is 3.52. The molecule has 1 unspecified atom stereocenters. The minimum Gasteiger partial charge on any atom is -0.354 e. The maximum absolute atomic E-state index is 11.8. The molecule has 1 saturated heterocycles. The molecule has 1 aromatic heterocycles. The molecule has 6 nitrogen and oxygen atoms in total. The zero-order chi connectivity index (χ0) is 13.3. The highest BCUT2D eigenvalue weighted by atomic mass is 35.5. The second-order valence-corrected chi connectivity index (χ2v) is 4.72. The molecule has 7 heteroatoms. The van der Waals surface area contributed by atoms with Crippen molar-refractivity contribution in [1.82, 2.24) is 20.4 Å². The fraction of sp³-hybridized carbons (Fsp3) is 0.545. The zero-order valence-corrected chi connectivity index (χ0v) is 11.0. The predicted octanol–water partition coefficient (Wildman–Crippen LogP) is 0.158. The summed E-state index contributed by atoms with van der Waals surface area (Å²) >= 11 is 6.00. The zero-order valence-electron chi connectivity index (χ0n) is 10.3. The lowest BCUT2D eigenvalue weighted by molar-refractivity contribution is -0.127. The number of aryl methyl sites for hydroxylation is 1. The van der Waals surface area contributed by atoms with Gasteiger partial charge in [-0.2, -0.15) is 5.10 Å². The SMILES string of the molecule is Cc1nn(CC(=O)NC2CCNC2=O)c(C)c1Cl. The summed E-state index contributed by atoms with van der Waals surface area (Å²) in [6, 6.07) is -0.426. The Kier molecular flexibility index (Phi) is 3.56. The molecular formula is C11H15ClN4O2. The molecule has 1 aromatic rings. The van der Waals surface area contributed by atoms with Crippen LogP contribution >= 0.6 is 11.6 Å². The van der Waals surface area contributed by atoms with Crippen LogP contribution in [0.4, 0.5) is 0 Å². The van der Waals surface area contributed by atoms with Gasteiger partial charge in [0.1, 0.15) is 12.6 Å². The normalized spacial score (nSPS) is 18.8. The average Bonchev–Trinajstić information content (AvgIpc) is 2.80. The molecule has 1 fully saturated rings. The van der Waals surface area contributed by atoms with Gasteiger partial charge in [0.15, 0.2) is 0 Å². The summed E-state index contributed by atoms with van der Waals surface area (Å²) in [6.45, 7) is 4.27. The van der Waals surface area contributed by atoms with Crippen LogP contribution in [0.3, 0.4) is 0 Å². The van der Waals surface area contributed by atoms with Crippen molar-refractivity contribution in [1.29, 1.82) is 0 Å². The molecule has 1 aliphatic rings. The second-order valence-electron chi connectivity index (χ2n) is 4.34. The molecule has 2 rings (SSSR count). The van der Waals surface area contributed by atoms with Crippen LogP contribution < -0.4 is 10.6 Å². The van der Waals surface area contributed by atoms with Crippen molar-refractivity contribution in [2.24, 2.45) is 0 Å². The third-order valence-electron chi connectivity index (χ3n) is 2.97. The standard InChI is InChI=1S/C11H15ClN4O2/c1-6-10(12)7(2)16(15-6)5-9(17)14-8-3-4-13-11(8)18/h8H,3-5H2,1-2H3,(H,13,18)(H,14,17). The third kappa shape index (κ3) is 2.48. The monoisotopic (exact) mass is 270 g/mol. The minimum atomic E-state index is -0.426. The summed E-state index contributed by atoms with van der Waals surface area (Å²) in [4.78, 5) is 23.1. The van der Waals surface area contributed by atoms with E-state index < -0.39 is 6.04 Å². The van der Waals surface area contributed by atoms with Crippen molar-refractivity contribution in [3.05, 3.63) is 16.4 Å². The molecule has 1 aliphatic heterocycles. The van der Waals surface area contributed by atoms with Crippen LogP contribution in [0.15, 0.2) is 0 Å². The van der Waals surface area contributed by atoms with Crippen molar-refractivity contribution in [3.63, 3.8) is 0 Å². The van der Waals surface area contributed by atoms with E-state index in [1.165, 1.54) is 0 Å². The first-order valence-electron chi connectivity index (χ1n) is 5.75. The van der Waals surface area contributed by atoms with Gasteiger partial charge in [-0.05, 0) is 20.3 Å². The van der Waals surface area contributed by atoms with Crippen molar-refractivity contribution in [2.75, 3.05) is 6.54 Å². The molecule has 18 heavy (non-hydrogen) atoms. The molecule has 0 spiro atoms. The lowest BCUT2D eigenvalue weighted by Crippen LogP contribution is -2.41. The smallest absolute Gasteiger partial charge is 0.242 e. The van der Waals surface area contributed by atoms with E-state index in [1.54, 1.807) is 18.5 Å². The van der Waals surface area contributed by atoms with Crippen LogP contribution in [-0.2, 0) is 16.1 Å². The van der Waals surface area contributed by atoms with Gasteiger partial charge < -0.3 is 10.6 Å². The van der Waals surface area contributed by atoms with Crippen LogP contribution in [0, 0.1) is 13.8 Å². The number of amides is 2. The van der Waals surface area contributed by atoms with E-state index in [2.05, 4.69) is 15.7 Å². The summed E-state index contributed by atoms with van der Waals surface area (Å²) in [5.74, 6) is -0.367.